The van der Waals surface area contributed by atoms with Crippen molar-refractivity contribution < 1.29 is 9.18 Å². The fourth-order valence-electron chi connectivity index (χ4n) is 2.33. The standard InChI is InChI=1S/C17H16FN3OS2/c1-10-20-15(9-23-10)16-6-11(8-24-16)17(22)21-14(7-19)12-4-2-3-5-13(12)18/h2-6,8-9,14H,7,19H2,1H3,(H,21,22). The molecule has 2 aromatic heterocycles. The number of aromatic nitrogens is 1. The first-order valence-electron chi connectivity index (χ1n) is 7.35. The van der Waals surface area contributed by atoms with Gasteiger partial charge in [-0.25, -0.2) is 9.37 Å². The lowest BCUT2D eigenvalue weighted by molar-refractivity contribution is 0.0938. The zero-order valence-electron chi connectivity index (χ0n) is 13.0. The van der Waals surface area contributed by atoms with Crippen molar-refractivity contribution >= 4 is 28.6 Å². The second-order valence-corrected chi connectivity index (χ2v) is 7.21. The topological polar surface area (TPSA) is 68.0 Å². The van der Waals surface area contributed by atoms with E-state index in [9.17, 15) is 9.18 Å². The third kappa shape index (κ3) is 3.53. The number of halogens is 1. The number of thiazole rings is 1. The lowest BCUT2D eigenvalue weighted by Gasteiger charge is -2.17. The maximum Gasteiger partial charge on any atom is 0.252 e. The van der Waals surface area contributed by atoms with Crippen LogP contribution in [0.25, 0.3) is 10.6 Å². The number of thiophene rings is 1. The summed E-state index contributed by atoms with van der Waals surface area (Å²) in [6, 6.07) is 7.55. The summed E-state index contributed by atoms with van der Waals surface area (Å²) in [6.07, 6.45) is 0. The number of nitrogens with one attached hydrogen (secondary N) is 1. The van der Waals surface area contributed by atoms with Gasteiger partial charge in [-0.1, -0.05) is 18.2 Å². The summed E-state index contributed by atoms with van der Waals surface area (Å²) in [7, 11) is 0. The normalized spacial score (nSPS) is 12.1. The molecule has 0 saturated heterocycles. The van der Waals surface area contributed by atoms with E-state index in [4.69, 9.17) is 5.73 Å². The Bertz CT molecular complexity index is 859. The number of hydrogen-bond acceptors (Lipinski definition) is 5. The molecule has 0 aliphatic heterocycles. The largest absolute Gasteiger partial charge is 0.344 e. The van der Waals surface area contributed by atoms with E-state index < -0.39 is 6.04 Å². The third-order valence-electron chi connectivity index (χ3n) is 3.55. The minimum absolute atomic E-state index is 0.120. The highest BCUT2D eigenvalue weighted by atomic mass is 32.1. The van der Waals surface area contributed by atoms with E-state index in [0.717, 1.165) is 15.6 Å². The Morgan fingerprint density at radius 1 is 1.33 bits per heavy atom. The number of benzene rings is 1. The van der Waals surface area contributed by atoms with Crippen molar-refractivity contribution in [1.29, 1.82) is 0 Å². The highest BCUT2D eigenvalue weighted by Gasteiger charge is 2.18. The highest BCUT2D eigenvalue weighted by Crippen LogP contribution is 2.28. The van der Waals surface area contributed by atoms with E-state index in [0.29, 0.717) is 11.1 Å². The Hall–Kier alpha value is -2.09. The van der Waals surface area contributed by atoms with E-state index in [-0.39, 0.29) is 18.3 Å². The van der Waals surface area contributed by atoms with Crippen LogP contribution < -0.4 is 11.1 Å². The Morgan fingerprint density at radius 3 is 2.79 bits per heavy atom. The van der Waals surface area contributed by atoms with Gasteiger partial charge in [-0.15, -0.1) is 22.7 Å². The Kier molecular flexibility index (Phi) is 5.03. The minimum Gasteiger partial charge on any atom is -0.344 e. The lowest BCUT2D eigenvalue weighted by atomic mass is 10.1. The zero-order valence-corrected chi connectivity index (χ0v) is 14.6. The predicted molar refractivity (Wildman–Crippen MR) is 95.8 cm³/mol. The molecule has 1 aromatic carbocycles. The molecule has 4 nitrogen and oxygen atoms in total. The van der Waals surface area contributed by atoms with Crippen molar-refractivity contribution in [3.8, 4) is 10.6 Å². The second-order valence-electron chi connectivity index (χ2n) is 5.23. The van der Waals surface area contributed by atoms with Crippen molar-refractivity contribution in [2.24, 2.45) is 5.73 Å². The molecule has 1 atom stereocenters. The van der Waals surface area contributed by atoms with Crippen molar-refractivity contribution in [2.75, 3.05) is 6.54 Å². The van der Waals surface area contributed by atoms with Gasteiger partial charge in [-0.05, 0) is 19.1 Å². The first-order valence-corrected chi connectivity index (χ1v) is 9.11. The summed E-state index contributed by atoms with van der Waals surface area (Å²) in [5.74, 6) is -0.652. The fourth-order valence-corrected chi connectivity index (χ4v) is 3.87. The average Bonchev–Trinajstić information content (AvgIpc) is 3.22. The van der Waals surface area contributed by atoms with Gasteiger partial charge in [0, 0.05) is 22.9 Å². The smallest absolute Gasteiger partial charge is 0.252 e. The van der Waals surface area contributed by atoms with Crippen molar-refractivity contribution in [2.45, 2.75) is 13.0 Å². The Morgan fingerprint density at radius 2 is 2.12 bits per heavy atom. The average molecular weight is 361 g/mol. The third-order valence-corrected chi connectivity index (χ3v) is 5.28. The molecular formula is C17H16FN3OS2. The molecule has 2 heterocycles. The van der Waals surface area contributed by atoms with Crippen LogP contribution in [0.3, 0.4) is 0 Å². The van der Waals surface area contributed by atoms with E-state index in [2.05, 4.69) is 10.3 Å². The monoisotopic (exact) mass is 361 g/mol. The van der Waals surface area contributed by atoms with Crippen LogP contribution in [0.4, 0.5) is 4.39 Å². The lowest BCUT2D eigenvalue weighted by Crippen LogP contribution is -2.33. The zero-order chi connectivity index (χ0) is 17.1. The van der Waals surface area contributed by atoms with Gasteiger partial charge >= 0.3 is 0 Å². The van der Waals surface area contributed by atoms with E-state index in [1.165, 1.54) is 17.4 Å². The van der Waals surface area contributed by atoms with Crippen LogP contribution in [0.5, 0.6) is 0 Å². The quantitative estimate of drug-likeness (QED) is 0.727. The predicted octanol–water partition coefficient (Wildman–Crippen LogP) is 3.75. The molecule has 0 spiro atoms. The van der Waals surface area contributed by atoms with Gasteiger partial charge in [-0.2, -0.15) is 0 Å². The van der Waals surface area contributed by atoms with Gasteiger partial charge in [0.05, 0.1) is 27.2 Å². The Labute approximate surface area is 147 Å². The molecular weight excluding hydrogens is 345 g/mol. The molecule has 0 fully saturated rings. The summed E-state index contributed by atoms with van der Waals surface area (Å²) in [5, 5.41) is 7.51. The molecule has 0 aliphatic rings. The number of aryl methyl sites for hydroxylation is 1. The highest BCUT2D eigenvalue weighted by molar-refractivity contribution is 7.14. The van der Waals surface area contributed by atoms with Crippen LogP contribution in [-0.4, -0.2) is 17.4 Å². The van der Waals surface area contributed by atoms with Crippen molar-refractivity contribution in [1.82, 2.24) is 10.3 Å². The first-order chi connectivity index (χ1) is 11.6. The number of nitrogens with two attached hydrogens (primary N) is 1. The van der Waals surface area contributed by atoms with Gasteiger partial charge in [-0.3, -0.25) is 4.79 Å². The van der Waals surface area contributed by atoms with E-state index >= 15 is 0 Å². The molecule has 3 aromatic rings. The van der Waals surface area contributed by atoms with Crippen LogP contribution in [0, 0.1) is 12.7 Å². The SMILES string of the molecule is Cc1nc(-c2cc(C(=O)NC(CN)c3ccccc3F)cs2)cs1. The molecule has 7 heteroatoms. The summed E-state index contributed by atoms with van der Waals surface area (Å²) in [6.45, 7) is 2.06. The first kappa shape index (κ1) is 16.8. The number of amides is 1. The summed E-state index contributed by atoms with van der Waals surface area (Å²) >= 11 is 3.02. The van der Waals surface area contributed by atoms with Gasteiger partial charge < -0.3 is 11.1 Å². The molecule has 3 rings (SSSR count). The van der Waals surface area contributed by atoms with Crippen LogP contribution in [0.15, 0.2) is 41.1 Å². The molecule has 0 bridgehead atoms. The van der Waals surface area contributed by atoms with Gasteiger partial charge in [0.1, 0.15) is 5.82 Å². The van der Waals surface area contributed by atoms with Crippen molar-refractivity contribution in [3.63, 3.8) is 0 Å². The summed E-state index contributed by atoms with van der Waals surface area (Å²) in [5.41, 5.74) is 7.49. The number of carbonyl (C=O) groups excluding carboxylic acids is 1. The summed E-state index contributed by atoms with van der Waals surface area (Å²) < 4.78 is 13.9. The molecule has 3 N–H and O–H groups in total. The van der Waals surface area contributed by atoms with Gasteiger partial charge in [0.2, 0.25) is 0 Å². The molecule has 124 valence electrons. The molecule has 0 aliphatic carbocycles. The number of rotatable bonds is 5. The number of nitrogens with zero attached hydrogens (tertiary/aromatic N) is 1. The molecule has 24 heavy (non-hydrogen) atoms. The van der Waals surface area contributed by atoms with E-state index in [1.807, 2.05) is 12.3 Å². The number of hydrogen-bond donors (Lipinski definition) is 2. The van der Waals surface area contributed by atoms with Gasteiger partial charge in [0.25, 0.3) is 5.91 Å². The molecule has 0 saturated carbocycles. The Balaban J connectivity index is 1.77. The van der Waals surface area contributed by atoms with Gasteiger partial charge in [0.15, 0.2) is 0 Å². The molecule has 0 radical (unpaired) electrons. The van der Waals surface area contributed by atoms with Crippen molar-refractivity contribution in [3.05, 3.63) is 63.0 Å². The van der Waals surface area contributed by atoms with Crippen LogP contribution in [0.2, 0.25) is 0 Å². The summed E-state index contributed by atoms with van der Waals surface area (Å²) in [4.78, 5) is 17.8. The second kappa shape index (κ2) is 7.21. The van der Waals surface area contributed by atoms with Crippen LogP contribution in [0.1, 0.15) is 27.0 Å². The molecule has 1 amide bonds. The molecule has 1 unspecified atom stereocenters. The van der Waals surface area contributed by atoms with Crippen LogP contribution in [-0.2, 0) is 0 Å². The van der Waals surface area contributed by atoms with Crippen LogP contribution >= 0.6 is 22.7 Å². The maximum atomic E-state index is 13.9. The maximum absolute atomic E-state index is 13.9. The minimum atomic E-state index is -0.566. The van der Waals surface area contributed by atoms with E-state index in [1.54, 1.807) is 41.0 Å². The fraction of sp³-hybridized carbons (Fsp3) is 0.176. The number of carbonyl (C=O) groups is 1.